The van der Waals surface area contributed by atoms with Crippen molar-refractivity contribution in [2.24, 2.45) is 0 Å². The second-order valence-electron chi connectivity index (χ2n) is 3.59. The second-order valence-corrected chi connectivity index (χ2v) is 5.58. The quantitative estimate of drug-likeness (QED) is 0.759. The summed E-state index contributed by atoms with van der Waals surface area (Å²) in [6.45, 7) is 1.55. The standard InChI is InChI=1S/C11H16O3P/c1-10(15(12,13)14)6-5-9-11-7-3-2-4-8-11/h2-4,6-8,10H,5,9H2,1H3,(H2,12,13,14). The van der Waals surface area contributed by atoms with Gasteiger partial charge in [-0.15, -0.1) is 0 Å². The molecule has 0 aliphatic heterocycles. The zero-order valence-electron chi connectivity index (χ0n) is 8.71. The molecule has 83 valence electrons. The van der Waals surface area contributed by atoms with Crippen molar-refractivity contribution in [3.05, 3.63) is 42.3 Å². The van der Waals surface area contributed by atoms with Crippen LogP contribution in [0.3, 0.4) is 0 Å². The van der Waals surface area contributed by atoms with Crippen LogP contribution in [0.5, 0.6) is 0 Å². The molecule has 0 fully saturated rings. The molecule has 1 aromatic rings. The first-order chi connectivity index (χ1) is 7.00. The molecular formula is C11H16O3P. The predicted octanol–water partition coefficient (Wildman–Crippen LogP) is 2.39. The third-order valence-corrected chi connectivity index (χ3v) is 3.59. The Morgan fingerprint density at radius 3 is 2.47 bits per heavy atom. The van der Waals surface area contributed by atoms with Crippen molar-refractivity contribution in [2.75, 3.05) is 0 Å². The van der Waals surface area contributed by atoms with Gasteiger partial charge < -0.3 is 9.79 Å². The molecule has 0 amide bonds. The molecule has 1 aromatic carbocycles. The van der Waals surface area contributed by atoms with E-state index in [0.717, 1.165) is 6.42 Å². The summed E-state index contributed by atoms with van der Waals surface area (Å²) < 4.78 is 10.8. The first-order valence-electron chi connectivity index (χ1n) is 4.92. The molecule has 2 N–H and O–H groups in total. The summed E-state index contributed by atoms with van der Waals surface area (Å²) in [6, 6.07) is 9.89. The topological polar surface area (TPSA) is 57.5 Å². The molecule has 3 nitrogen and oxygen atoms in total. The van der Waals surface area contributed by atoms with Gasteiger partial charge in [0, 0.05) is 0 Å². The fraction of sp³-hybridized carbons (Fsp3) is 0.364. The van der Waals surface area contributed by atoms with Crippen LogP contribution >= 0.6 is 7.60 Å². The maximum Gasteiger partial charge on any atom is 0.328 e. The number of benzene rings is 1. The average Bonchev–Trinajstić information content (AvgIpc) is 2.18. The van der Waals surface area contributed by atoms with E-state index in [9.17, 15) is 4.57 Å². The van der Waals surface area contributed by atoms with E-state index in [-0.39, 0.29) is 0 Å². The molecule has 0 saturated carbocycles. The van der Waals surface area contributed by atoms with Crippen molar-refractivity contribution in [3.63, 3.8) is 0 Å². The summed E-state index contributed by atoms with van der Waals surface area (Å²) in [7, 11) is -3.93. The molecule has 0 heterocycles. The van der Waals surface area contributed by atoms with Gasteiger partial charge in [0.05, 0.1) is 5.66 Å². The fourth-order valence-electron chi connectivity index (χ4n) is 1.27. The Balaban J connectivity index is 2.31. The molecule has 0 saturated heterocycles. The van der Waals surface area contributed by atoms with Crippen LogP contribution in [0.1, 0.15) is 18.9 Å². The minimum atomic E-state index is -3.93. The zero-order valence-corrected chi connectivity index (χ0v) is 9.60. The Morgan fingerprint density at radius 1 is 1.33 bits per heavy atom. The first-order valence-corrected chi connectivity index (χ1v) is 6.61. The van der Waals surface area contributed by atoms with Gasteiger partial charge >= 0.3 is 7.60 Å². The molecule has 0 aliphatic carbocycles. The minimum absolute atomic E-state index is 0.652. The lowest BCUT2D eigenvalue weighted by Crippen LogP contribution is -2.04. The average molecular weight is 227 g/mol. The lowest BCUT2D eigenvalue weighted by molar-refractivity contribution is 0.364. The number of rotatable bonds is 5. The lowest BCUT2D eigenvalue weighted by Gasteiger charge is -2.12. The highest BCUT2D eigenvalue weighted by atomic mass is 31.2. The molecule has 0 bridgehead atoms. The summed E-state index contributed by atoms with van der Waals surface area (Å²) >= 11 is 0. The van der Waals surface area contributed by atoms with Gasteiger partial charge in [0.25, 0.3) is 0 Å². The Morgan fingerprint density at radius 2 is 1.93 bits per heavy atom. The van der Waals surface area contributed by atoms with E-state index in [4.69, 9.17) is 9.79 Å². The van der Waals surface area contributed by atoms with Crippen LogP contribution in [0.4, 0.5) is 0 Å². The third-order valence-electron chi connectivity index (χ3n) is 2.31. The van der Waals surface area contributed by atoms with Gasteiger partial charge in [0.2, 0.25) is 0 Å². The zero-order chi connectivity index (χ0) is 11.3. The molecule has 0 spiro atoms. The van der Waals surface area contributed by atoms with Gasteiger partial charge in [-0.3, -0.25) is 4.57 Å². The maximum atomic E-state index is 10.8. The van der Waals surface area contributed by atoms with Gasteiger partial charge in [-0.1, -0.05) is 37.3 Å². The van der Waals surface area contributed by atoms with E-state index in [0.29, 0.717) is 6.42 Å². The van der Waals surface area contributed by atoms with Crippen LogP contribution < -0.4 is 0 Å². The molecule has 1 radical (unpaired) electrons. The summed E-state index contributed by atoms with van der Waals surface area (Å²) in [4.78, 5) is 17.7. The Kier molecular flexibility index (Phi) is 4.52. The molecule has 4 heteroatoms. The van der Waals surface area contributed by atoms with Crippen LogP contribution in [0, 0.1) is 6.42 Å². The van der Waals surface area contributed by atoms with Crippen molar-refractivity contribution in [3.8, 4) is 0 Å². The van der Waals surface area contributed by atoms with Crippen LogP contribution in [0.25, 0.3) is 0 Å². The van der Waals surface area contributed by atoms with Gasteiger partial charge in [-0.2, -0.15) is 0 Å². The van der Waals surface area contributed by atoms with Gasteiger partial charge in [0.1, 0.15) is 0 Å². The van der Waals surface area contributed by atoms with E-state index in [1.807, 2.05) is 30.3 Å². The second kappa shape index (κ2) is 5.45. The Bertz CT molecular complexity index is 331. The van der Waals surface area contributed by atoms with Crippen molar-refractivity contribution in [2.45, 2.75) is 25.4 Å². The monoisotopic (exact) mass is 227 g/mol. The van der Waals surface area contributed by atoms with Gasteiger partial charge in [-0.25, -0.2) is 0 Å². The van der Waals surface area contributed by atoms with Gasteiger partial charge in [0.15, 0.2) is 0 Å². The third kappa shape index (κ3) is 4.61. The minimum Gasteiger partial charge on any atom is -0.324 e. The molecular weight excluding hydrogens is 211 g/mol. The highest BCUT2D eigenvalue weighted by Gasteiger charge is 2.22. The fourth-order valence-corrected chi connectivity index (χ4v) is 1.70. The Labute approximate surface area is 90.3 Å². The van der Waals surface area contributed by atoms with Crippen LogP contribution in [-0.4, -0.2) is 15.4 Å². The van der Waals surface area contributed by atoms with Crippen molar-refractivity contribution < 1.29 is 14.4 Å². The van der Waals surface area contributed by atoms with Crippen molar-refractivity contribution >= 4 is 7.60 Å². The molecule has 15 heavy (non-hydrogen) atoms. The summed E-state index contributed by atoms with van der Waals surface area (Å²) in [6.07, 6.45) is 3.20. The number of hydrogen-bond donors (Lipinski definition) is 2. The van der Waals surface area contributed by atoms with Crippen LogP contribution in [0.2, 0.25) is 0 Å². The number of hydrogen-bond acceptors (Lipinski definition) is 1. The molecule has 0 aliphatic rings. The van der Waals surface area contributed by atoms with E-state index in [1.165, 1.54) is 5.56 Å². The normalized spacial score (nSPS) is 13.8. The smallest absolute Gasteiger partial charge is 0.324 e. The van der Waals surface area contributed by atoms with Crippen molar-refractivity contribution in [1.82, 2.24) is 0 Å². The van der Waals surface area contributed by atoms with E-state index >= 15 is 0 Å². The summed E-state index contributed by atoms with van der Waals surface area (Å²) in [5, 5.41) is 0. The predicted molar refractivity (Wildman–Crippen MR) is 60.6 cm³/mol. The largest absolute Gasteiger partial charge is 0.328 e. The van der Waals surface area contributed by atoms with E-state index in [1.54, 1.807) is 13.3 Å². The number of aryl methyl sites for hydroxylation is 1. The van der Waals surface area contributed by atoms with Crippen molar-refractivity contribution in [1.29, 1.82) is 0 Å². The van der Waals surface area contributed by atoms with Crippen LogP contribution in [-0.2, 0) is 11.0 Å². The molecule has 1 atom stereocenters. The SMILES string of the molecule is CC([CH]CCc1ccccc1)P(=O)(O)O. The summed E-state index contributed by atoms with van der Waals surface area (Å²) in [5.41, 5.74) is 0.535. The highest BCUT2D eigenvalue weighted by molar-refractivity contribution is 7.52. The summed E-state index contributed by atoms with van der Waals surface area (Å²) in [5.74, 6) is 0. The Hall–Kier alpha value is -0.630. The lowest BCUT2D eigenvalue weighted by atomic mass is 10.1. The van der Waals surface area contributed by atoms with Gasteiger partial charge in [-0.05, 0) is 24.8 Å². The maximum absolute atomic E-state index is 10.8. The van der Waals surface area contributed by atoms with Crippen LogP contribution in [0.15, 0.2) is 30.3 Å². The molecule has 1 unspecified atom stereocenters. The molecule has 0 aromatic heterocycles. The first kappa shape index (κ1) is 12.4. The highest BCUT2D eigenvalue weighted by Crippen LogP contribution is 2.42. The van der Waals surface area contributed by atoms with E-state index in [2.05, 4.69) is 0 Å². The van der Waals surface area contributed by atoms with E-state index < -0.39 is 13.3 Å². The molecule has 1 rings (SSSR count).